The Morgan fingerprint density at radius 2 is 1.79 bits per heavy atom. The molecule has 0 fully saturated rings. The van der Waals surface area contributed by atoms with Gasteiger partial charge in [0, 0.05) is 0 Å². The van der Waals surface area contributed by atoms with Gasteiger partial charge in [-0.25, -0.2) is 4.79 Å². The van der Waals surface area contributed by atoms with Gasteiger partial charge >= 0.3 is 12.1 Å². The zero-order valence-electron chi connectivity index (χ0n) is 9.64. The molecular weight excluding hydrogens is 263 g/mol. The number of halogens is 3. The van der Waals surface area contributed by atoms with E-state index in [-0.39, 0.29) is 17.1 Å². The molecule has 0 unspecified atom stereocenters. The van der Waals surface area contributed by atoms with Crippen LogP contribution in [0.25, 0.3) is 5.69 Å². The number of alkyl halides is 3. The Balaban J connectivity index is 2.38. The Bertz CT molecular complexity index is 617. The number of aromatic nitrogens is 3. The standard InChI is InChI=1S/C11H8F3N3O2/c1-6-9(10(18)19)16-17(15-6)8-4-2-7(3-5-8)11(12,13)14/h2-5H,1H3,(H,18,19). The first-order chi connectivity index (χ1) is 8.79. The third kappa shape index (κ3) is 2.56. The molecule has 0 spiro atoms. The molecule has 5 nitrogen and oxygen atoms in total. The predicted octanol–water partition coefficient (Wildman–Crippen LogP) is 2.29. The average Bonchev–Trinajstić information content (AvgIpc) is 2.70. The van der Waals surface area contributed by atoms with Crippen LogP contribution in [0.1, 0.15) is 21.7 Å². The first-order valence-electron chi connectivity index (χ1n) is 5.14. The van der Waals surface area contributed by atoms with Crippen LogP contribution in [0.15, 0.2) is 24.3 Å². The molecule has 0 atom stereocenters. The van der Waals surface area contributed by atoms with Crippen LogP contribution in [0, 0.1) is 6.92 Å². The summed E-state index contributed by atoms with van der Waals surface area (Å²) < 4.78 is 37.1. The van der Waals surface area contributed by atoms with E-state index in [9.17, 15) is 18.0 Å². The number of carboxylic acids is 1. The fourth-order valence-corrected chi connectivity index (χ4v) is 1.48. The van der Waals surface area contributed by atoms with Crippen LogP contribution in [-0.2, 0) is 6.18 Å². The van der Waals surface area contributed by atoms with Crippen molar-refractivity contribution in [2.45, 2.75) is 13.1 Å². The Hall–Kier alpha value is -2.38. The van der Waals surface area contributed by atoms with Crippen molar-refractivity contribution in [1.29, 1.82) is 0 Å². The zero-order valence-corrected chi connectivity index (χ0v) is 9.64. The highest BCUT2D eigenvalue weighted by atomic mass is 19.4. The maximum atomic E-state index is 12.4. The number of benzene rings is 1. The Kier molecular flexibility index (Phi) is 3.01. The molecule has 19 heavy (non-hydrogen) atoms. The van der Waals surface area contributed by atoms with Gasteiger partial charge in [-0.05, 0) is 31.2 Å². The van der Waals surface area contributed by atoms with Crippen molar-refractivity contribution in [3.05, 3.63) is 41.2 Å². The number of hydrogen-bond acceptors (Lipinski definition) is 3. The Morgan fingerprint density at radius 3 is 2.21 bits per heavy atom. The van der Waals surface area contributed by atoms with Gasteiger partial charge in [0.2, 0.25) is 0 Å². The van der Waals surface area contributed by atoms with Gasteiger partial charge < -0.3 is 5.11 Å². The topological polar surface area (TPSA) is 68.0 Å². The van der Waals surface area contributed by atoms with E-state index in [4.69, 9.17) is 5.11 Å². The molecular formula is C11H8F3N3O2. The van der Waals surface area contributed by atoms with Gasteiger partial charge in [-0.15, -0.1) is 5.10 Å². The van der Waals surface area contributed by atoms with Crippen molar-refractivity contribution in [2.75, 3.05) is 0 Å². The van der Waals surface area contributed by atoms with Crippen molar-refractivity contribution in [3.8, 4) is 5.69 Å². The van der Waals surface area contributed by atoms with Gasteiger partial charge in [-0.1, -0.05) is 0 Å². The van der Waals surface area contributed by atoms with Gasteiger partial charge in [-0.2, -0.15) is 23.1 Å². The third-order valence-corrected chi connectivity index (χ3v) is 2.41. The van der Waals surface area contributed by atoms with E-state index in [2.05, 4.69) is 10.2 Å². The van der Waals surface area contributed by atoms with E-state index in [1.165, 1.54) is 19.1 Å². The van der Waals surface area contributed by atoms with E-state index < -0.39 is 17.7 Å². The normalized spacial score (nSPS) is 11.6. The number of aromatic carboxylic acids is 1. The fourth-order valence-electron chi connectivity index (χ4n) is 1.48. The molecule has 2 rings (SSSR count). The molecule has 1 N–H and O–H groups in total. The second kappa shape index (κ2) is 4.38. The highest BCUT2D eigenvalue weighted by Gasteiger charge is 2.30. The average molecular weight is 271 g/mol. The first-order valence-corrected chi connectivity index (χ1v) is 5.14. The van der Waals surface area contributed by atoms with Gasteiger partial charge in [-0.3, -0.25) is 0 Å². The summed E-state index contributed by atoms with van der Waals surface area (Å²) in [6, 6.07) is 4.12. The highest BCUT2D eigenvalue weighted by Crippen LogP contribution is 2.29. The summed E-state index contributed by atoms with van der Waals surface area (Å²) in [5, 5.41) is 16.3. The highest BCUT2D eigenvalue weighted by molar-refractivity contribution is 5.86. The second-order valence-corrected chi connectivity index (χ2v) is 3.77. The van der Waals surface area contributed by atoms with Crippen molar-refractivity contribution >= 4 is 5.97 Å². The van der Waals surface area contributed by atoms with Gasteiger partial charge in [0.25, 0.3) is 0 Å². The van der Waals surface area contributed by atoms with E-state index in [0.29, 0.717) is 0 Å². The van der Waals surface area contributed by atoms with E-state index >= 15 is 0 Å². The predicted molar refractivity (Wildman–Crippen MR) is 58.1 cm³/mol. The lowest BCUT2D eigenvalue weighted by atomic mass is 10.2. The molecule has 1 heterocycles. The van der Waals surface area contributed by atoms with Crippen molar-refractivity contribution in [2.24, 2.45) is 0 Å². The van der Waals surface area contributed by atoms with Crippen molar-refractivity contribution in [1.82, 2.24) is 15.0 Å². The molecule has 0 aliphatic carbocycles. The third-order valence-electron chi connectivity index (χ3n) is 2.41. The van der Waals surface area contributed by atoms with Crippen LogP contribution in [0.2, 0.25) is 0 Å². The second-order valence-electron chi connectivity index (χ2n) is 3.77. The summed E-state index contributed by atoms with van der Waals surface area (Å²) in [7, 11) is 0. The van der Waals surface area contributed by atoms with Gasteiger partial charge in [0.1, 0.15) is 0 Å². The first kappa shape index (κ1) is 13.1. The van der Waals surface area contributed by atoms with Crippen LogP contribution >= 0.6 is 0 Å². The summed E-state index contributed by atoms with van der Waals surface area (Å²) in [5.74, 6) is -1.24. The Labute approximate surface area is 105 Å². The number of aryl methyl sites for hydroxylation is 1. The lowest BCUT2D eigenvalue weighted by Gasteiger charge is -2.06. The van der Waals surface area contributed by atoms with Gasteiger partial charge in [0.05, 0.1) is 16.9 Å². The zero-order chi connectivity index (χ0) is 14.2. The van der Waals surface area contributed by atoms with Crippen LogP contribution in [0.5, 0.6) is 0 Å². The summed E-state index contributed by atoms with van der Waals surface area (Å²) in [6.45, 7) is 1.46. The molecule has 1 aromatic carbocycles. The number of nitrogens with zero attached hydrogens (tertiary/aromatic N) is 3. The molecule has 2 aromatic rings. The Morgan fingerprint density at radius 1 is 1.21 bits per heavy atom. The minimum absolute atomic E-state index is 0.187. The number of hydrogen-bond donors (Lipinski definition) is 1. The molecule has 8 heteroatoms. The summed E-state index contributed by atoms with van der Waals surface area (Å²) >= 11 is 0. The minimum Gasteiger partial charge on any atom is -0.476 e. The lowest BCUT2D eigenvalue weighted by molar-refractivity contribution is -0.137. The smallest absolute Gasteiger partial charge is 0.416 e. The monoisotopic (exact) mass is 271 g/mol. The number of carbonyl (C=O) groups is 1. The minimum atomic E-state index is -4.42. The molecule has 100 valence electrons. The van der Waals surface area contributed by atoms with E-state index in [1.54, 1.807) is 0 Å². The SMILES string of the molecule is Cc1nn(-c2ccc(C(F)(F)F)cc2)nc1C(=O)O. The molecule has 0 aliphatic heterocycles. The molecule has 0 saturated heterocycles. The lowest BCUT2D eigenvalue weighted by Crippen LogP contribution is -2.06. The van der Waals surface area contributed by atoms with E-state index in [0.717, 1.165) is 16.9 Å². The molecule has 0 aliphatic rings. The van der Waals surface area contributed by atoms with Gasteiger partial charge in [0.15, 0.2) is 5.69 Å². The molecule has 0 radical (unpaired) electrons. The van der Waals surface area contributed by atoms with Crippen LogP contribution in [-0.4, -0.2) is 26.1 Å². The maximum Gasteiger partial charge on any atom is 0.416 e. The summed E-state index contributed by atoms with van der Waals surface area (Å²) in [6.07, 6.45) is -4.42. The van der Waals surface area contributed by atoms with Crippen LogP contribution in [0.4, 0.5) is 13.2 Å². The maximum absolute atomic E-state index is 12.4. The molecule has 0 saturated carbocycles. The quantitative estimate of drug-likeness (QED) is 0.909. The number of carboxylic acid groups (broad SMARTS) is 1. The van der Waals surface area contributed by atoms with Crippen LogP contribution < -0.4 is 0 Å². The fraction of sp³-hybridized carbons (Fsp3) is 0.182. The number of rotatable bonds is 2. The molecule has 0 bridgehead atoms. The molecule has 0 amide bonds. The largest absolute Gasteiger partial charge is 0.476 e. The summed E-state index contributed by atoms with van der Waals surface area (Å²) in [4.78, 5) is 11.8. The molecule has 1 aromatic heterocycles. The van der Waals surface area contributed by atoms with Crippen molar-refractivity contribution in [3.63, 3.8) is 0 Å². The summed E-state index contributed by atoms with van der Waals surface area (Å²) in [5.41, 5.74) is -0.588. The van der Waals surface area contributed by atoms with Crippen LogP contribution in [0.3, 0.4) is 0 Å². The van der Waals surface area contributed by atoms with E-state index in [1.807, 2.05) is 0 Å². The van der Waals surface area contributed by atoms with Crippen molar-refractivity contribution < 1.29 is 23.1 Å².